The molecular weight excluding hydrogens is 510 g/mol. The fourth-order valence-electron chi connectivity index (χ4n) is 2.81. The molecule has 0 aromatic carbocycles. The first kappa shape index (κ1) is 31.5. The predicted octanol–water partition coefficient (Wildman–Crippen LogP) is 10.1. The maximum atomic E-state index is 6.85. The van der Waals surface area contributed by atoms with E-state index in [1.54, 1.807) is 4.60 Å². The van der Waals surface area contributed by atoms with Crippen LogP contribution in [-0.2, 0) is 18.4 Å². The quantitative estimate of drug-likeness (QED) is 0.0848. The fourth-order valence-corrected chi connectivity index (χ4v) is 11.9. The number of unbranched alkanes of at least 4 members (excludes halogenated alkanes) is 8. The van der Waals surface area contributed by atoms with Crippen molar-refractivity contribution in [1.82, 2.24) is 8.56 Å². The van der Waals surface area contributed by atoms with Crippen LogP contribution in [0, 0.1) is 0 Å². The van der Waals surface area contributed by atoms with E-state index < -0.39 is 23.7 Å². The van der Waals surface area contributed by atoms with E-state index in [0.717, 1.165) is 77.0 Å². The van der Waals surface area contributed by atoms with Gasteiger partial charge >= 0.3 is 7.66 Å². The normalized spacial score (nSPS) is 21.7. The SMILES string of the molecule is CCCCCON1P(OCCCCC)N=P(OCCCCC)(OCCCCC)N(Cl)P1Cl. The molecule has 0 aliphatic carbocycles. The minimum Gasteiger partial charge on any atom is -0.324 e. The Kier molecular flexibility index (Phi) is 19.3. The van der Waals surface area contributed by atoms with Crippen molar-refractivity contribution in [1.29, 1.82) is 0 Å². The van der Waals surface area contributed by atoms with Crippen LogP contribution in [0.1, 0.15) is 105 Å². The Morgan fingerprint density at radius 1 is 0.719 bits per heavy atom. The van der Waals surface area contributed by atoms with Crippen molar-refractivity contribution in [3.05, 3.63) is 0 Å². The average Bonchev–Trinajstić information content (AvgIpc) is 2.80. The molecule has 0 amide bonds. The van der Waals surface area contributed by atoms with Crippen LogP contribution in [0.5, 0.6) is 0 Å². The van der Waals surface area contributed by atoms with E-state index in [2.05, 4.69) is 27.7 Å². The van der Waals surface area contributed by atoms with Gasteiger partial charge in [-0.3, -0.25) is 4.84 Å². The van der Waals surface area contributed by atoms with Crippen molar-refractivity contribution in [3.8, 4) is 0 Å². The van der Waals surface area contributed by atoms with Crippen LogP contribution in [0.3, 0.4) is 0 Å². The van der Waals surface area contributed by atoms with Gasteiger partial charge < -0.3 is 13.6 Å². The van der Waals surface area contributed by atoms with Crippen molar-refractivity contribution >= 4 is 46.7 Å². The molecular formula is C20H44Cl2N3O4P3. The molecule has 0 bridgehead atoms. The second-order valence-electron chi connectivity index (χ2n) is 7.73. The molecule has 32 heavy (non-hydrogen) atoms. The van der Waals surface area contributed by atoms with Crippen molar-refractivity contribution in [2.45, 2.75) is 105 Å². The topological polar surface area (TPSA) is 55.8 Å². The molecule has 0 radical (unpaired) electrons. The molecule has 2 unspecified atom stereocenters. The lowest BCUT2D eigenvalue weighted by Gasteiger charge is -2.41. The number of rotatable bonds is 20. The minimum absolute atomic E-state index is 0.540. The van der Waals surface area contributed by atoms with Crippen molar-refractivity contribution in [3.63, 3.8) is 0 Å². The Morgan fingerprint density at radius 3 is 1.69 bits per heavy atom. The number of halogens is 2. The van der Waals surface area contributed by atoms with E-state index in [1.165, 1.54) is 3.96 Å². The Morgan fingerprint density at radius 2 is 1.19 bits per heavy atom. The van der Waals surface area contributed by atoms with Gasteiger partial charge in [0.2, 0.25) is 0 Å². The van der Waals surface area contributed by atoms with Gasteiger partial charge in [-0.2, -0.15) is 4.52 Å². The number of hydrogen-bond donors (Lipinski definition) is 0. The van der Waals surface area contributed by atoms with Crippen LogP contribution >= 0.6 is 46.7 Å². The molecule has 1 aliphatic rings. The Balaban J connectivity index is 3.06. The zero-order valence-corrected chi connectivity index (χ0v) is 24.6. The molecule has 1 aliphatic heterocycles. The van der Waals surface area contributed by atoms with Crippen LogP contribution in [-0.4, -0.2) is 35.0 Å². The summed E-state index contributed by atoms with van der Waals surface area (Å²) in [5.74, 6) is 0. The van der Waals surface area contributed by atoms with Crippen LogP contribution < -0.4 is 0 Å². The first-order chi connectivity index (χ1) is 15.6. The van der Waals surface area contributed by atoms with Crippen LogP contribution in [0.4, 0.5) is 0 Å². The summed E-state index contributed by atoms with van der Waals surface area (Å²) in [5, 5.41) is 0. The molecule has 0 saturated heterocycles. The zero-order valence-electron chi connectivity index (χ0n) is 20.4. The summed E-state index contributed by atoms with van der Waals surface area (Å²) in [7, 11) is -5.92. The van der Waals surface area contributed by atoms with E-state index in [1.807, 2.05) is 0 Å². The molecule has 0 N–H and O–H groups in total. The summed E-state index contributed by atoms with van der Waals surface area (Å²) < 4.78 is 26.9. The molecule has 1 rings (SSSR count). The Labute approximate surface area is 209 Å². The minimum atomic E-state index is -2.91. The van der Waals surface area contributed by atoms with E-state index in [4.69, 9.17) is 45.9 Å². The molecule has 0 aromatic rings. The summed E-state index contributed by atoms with van der Waals surface area (Å²) in [6.45, 7) is 10.9. The first-order valence-corrected chi connectivity index (χ1v) is 17.4. The van der Waals surface area contributed by atoms with Gasteiger partial charge in [-0.05, 0) is 37.5 Å². The van der Waals surface area contributed by atoms with Gasteiger partial charge in [0.05, 0.1) is 26.4 Å². The first-order valence-electron chi connectivity index (χ1n) is 12.3. The monoisotopic (exact) mass is 553 g/mol. The lowest BCUT2D eigenvalue weighted by molar-refractivity contribution is -0.0216. The van der Waals surface area contributed by atoms with E-state index in [0.29, 0.717) is 26.4 Å². The highest BCUT2D eigenvalue weighted by Crippen LogP contribution is 2.81. The molecule has 7 nitrogen and oxygen atoms in total. The summed E-state index contributed by atoms with van der Waals surface area (Å²) in [6, 6.07) is 0. The maximum Gasteiger partial charge on any atom is 0.317 e. The molecule has 1 heterocycles. The molecule has 192 valence electrons. The summed E-state index contributed by atoms with van der Waals surface area (Å²) in [5.41, 5.74) is 0. The van der Waals surface area contributed by atoms with E-state index >= 15 is 0 Å². The molecule has 0 aromatic heterocycles. The standard InChI is InChI=1S/C20H44Cl2N3O4P3/c1-5-9-13-17-26-25-30(22)24(21)32(28-19-15-11-7-3,29-20-16-12-8-4)23-31(25)27-18-14-10-6-2/h5-20H2,1-4H3. The average molecular weight is 554 g/mol. The third-order valence-electron chi connectivity index (χ3n) is 4.75. The fraction of sp³-hybridized carbons (Fsp3) is 1.00. The summed E-state index contributed by atoms with van der Waals surface area (Å²) >= 11 is 13.6. The van der Waals surface area contributed by atoms with Crippen molar-refractivity contribution in [2.24, 2.45) is 4.52 Å². The summed E-state index contributed by atoms with van der Waals surface area (Å²) in [6.07, 6.45) is 12.7. The van der Waals surface area contributed by atoms with Gasteiger partial charge in [0.1, 0.15) is 0 Å². The molecule has 0 saturated carbocycles. The van der Waals surface area contributed by atoms with Crippen LogP contribution in [0.25, 0.3) is 0 Å². The maximum absolute atomic E-state index is 6.85. The summed E-state index contributed by atoms with van der Waals surface area (Å²) in [4.78, 5) is 6.04. The van der Waals surface area contributed by atoms with Crippen molar-refractivity contribution < 1.29 is 18.4 Å². The molecule has 12 heteroatoms. The van der Waals surface area contributed by atoms with Crippen LogP contribution in [0.2, 0.25) is 0 Å². The molecule has 2 atom stereocenters. The predicted molar refractivity (Wildman–Crippen MR) is 140 cm³/mol. The highest BCUT2D eigenvalue weighted by molar-refractivity contribution is 7.93. The van der Waals surface area contributed by atoms with Gasteiger partial charge in [0.15, 0.2) is 7.58 Å². The Bertz CT molecular complexity index is 510. The lowest BCUT2D eigenvalue weighted by atomic mass is 10.3. The van der Waals surface area contributed by atoms with E-state index in [9.17, 15) is 0 Å². The van der Waals surface area contributed by atoms with Gasteiger partial charge in [0, 0.05) is 0 Å². The highest BCUT2D eigenvalue weighted by Gasteiger charge is 2.48. The third kappa shape index (κ3) is 11.4. The largest absolute Gasteiger partial charge is 0.324 e. The van der Waals surface area contributed by atoms with Crippen LogP contribution in [0.15, 0.2) is 4.52 Å². The van der Waals surface area contributed by atoms with Crippen molar-refractivity contribution in [2.75, 3.05) is 26.4 Å². The molecule has 0 fully saturated rings. The number of hydrogen-bond acceptors (Lipinski definition) is 7. The lowest BCUT2D eigenvalue weighted by Crippen LogP contribution is -2.24. The van der Waals surface area contributed by atoms with Gasteiger partial charge in [-0.15, -0.1) is 0 Å². The zero-order chi connectivity index (χ0) is 23.7. The third-order valence-corrected chi connectivity index (χ3v) is 14.1. The van der Waals surface area contributed by atoms with E-state index in [-0.39, 0.29) is 0 Å². The Hall–Kier alpha value is 1.43. The van der Waals surface area contributed by atoms with Gasteiger partial charge in [0.25, 0.3) is 8.45 Å². The smallest absolute Gasteiger partial charge is 0.317 e. The number of nitrogens with zero attached hydrogens (tertiary/aromatic N) is 3. The van der Waals surface area contributed by atoms with Gasteiger partial charge in [-0.25, -0.2) is 0 Å². The second kappa shape index (κ2) is 19.6. The van der Waals surface area contributed by atoms with Gasteiger partial charge in [-0.1, -0.05) is 98.9 Å². The second-order valence-corrected chi connectivity index (χ2v) is 15.1. The highest BCUT2D eigenvalue weighted by atomic mass is 35.7. The molecule has 0 spiro atoms.